The van der Waals surface area contributed by atoms with E-state index in [2.05, 4.69) is 28.4 Å². The van der Waals surface area contributed by atoms with Crippen LogP contribution in [0.1, 0.15) is 16.7 Å². The van der Waals surface area contributed by atoms with E-state index in [9.17, 15) is 9.90 Å². The maximum Gasteiger partial charge on any atom is 0.282 e. The first kappa shape index (κ1) is 28.0. The molecule has 0 aliphatic heterocycles. The summed E-state index contributed by atoms with van der Waals surface area (Å²) in [5, 5.41) is 12.5. The lowest BCUT2D eigenvalue weighted by Gasteiger charge is -2.15. The number of aromatic hydroxyl groups is 1. The first-order valence-corrected chi connectivity index (χ1v) is 12.3. The van der Waals surface area contributed by atoms with Gasteiger partial charge in [-0.2, -0.15) is 4.37 Å². The predicted molar refractivity (Wildman–Crippen MR) is 143 cm³/mol. The number of ether oxygens (including phenoxy) is 2. The molecular formula is C28H30ClN3O4S. The van der Waals surface area contributed by atoms with Crippen LogP contribution in [0.5, 0.6) is 17.2 Å². The number of hydrogen-bond donors (Lipinski definition) is 3. The summed E-state index contributed by atoms with van der Waals surface area (Å²) >= 11 is 1.42. The van der Waals surface area contributed by atoms with Gasteiger partial charge in [-0.25, -0.2) is 0 Å². The highest BCUT2D eigenvalue weighted by atomic mass is 35.5. The number of phenols is 1. The second kappa shape index (κ2) is 12.1. The van der Waals surface area contributed by atoms with Crippen molar-refractivity contribution in [3.63, 3.8) is 0 Å². The van der Waals surface area contributed by atoms with E-state index in [1.807, 2.05) is 37.4 Å². The van der Waals surface area contributed by atoms with Crippen LogP contribution in [-0.2, 0) is 11.2 Å². The van der Waals surface area contributed by atoms with E-state index in [0.717, 1.165) is 44.0 Å². The fourth-order valence-electron chi connectivity index (χ4n) is 4.04. The topological polar surface area (TPSA) is 108 Å². The minimum Gasteiger partial charge on any atom is -1.00 e. The van der Waals surface area contributed by atoms with Crippen LogP contribution in [0.2, 0.25) is 0 Å². The smallest absolute Gasteiger partial charge is 0.282 e. The monoisotopic (exact) mass is 539 g/mol. The Labute approximate surface area is 226 Å². The maximum atomic E-state index is 13.0. The summed E-state index contributed by atoms with van der Waals surface area (Å²) in [5.41, 5.74) is 10.7. The van der Waals surface area contributed by atoms with Crippen molar-refractivity contribution in [3.8, 4) is 38.8 Å². The van der Waals surface area contributed by atoms with Gasteiger partial charge in [0.25, 0.3) is 5.91 Å². The van der Waals surface area contributed by atoms with Gasteiger partial charge in [0.1, 0.15) is 17.2 Å². The molecule has 3 aromatic carbocycles. The van der Waals surface area contributed by atoms with Gasteiger partial charge in [-0.1, -0.05) is 24.3 Å². The van der Waals surface area contributed by atoms with Gasteiger partial charge in [-0.3, -0.25) is 4.79 Å². The zero-order valence-electron chi connectivity index (χ0n) is 21.2. The molecule has 0 spiro atoms. The van der Waals surface area contributed by atoms with Crippen molar-refractivity contribution >= 4 is 23.1 Å². The molecular weight excluding hydrogens is 510 g/mol. The van der Waals surface area contributed by atoms with Gasteiger partial charge in [0.15, 0.2) is 6.04 Å². The summed E-state index contributed by atoms with van der Waals surface area (Å²) in [6.07, 6.45) is 2.28. The van der Waals surface area contributed by atoms with Gasteiger partial charge < -0.3 is 38.0 Å². The molecule has 0 saturated heterocycles. The Balaban J connectivity index is 0.00000380. The SMILES string of the molecule is COc1ccc(-c2cnsc2-c2cc(C)c(C)c(OC)c2)cc1NC(=O)[C@H]([NH3+])Cc1ccc(O)cc1.[Cl-]. The van der Waals surface area contributed by atoms with Crippen molar-refractivity contribution in [3.05, 3.63) is 77.5 Å². The molecule has 0 radical (unpaired) electrons. The standard InChI is InChI=1S/C28H29N3O4S.ClH/c1-16-11-20(14-26(35-4)17(16)2)27-22(15-30-36-27)19-7-10-25(34-3)24(13-19)31-28(33)23(29)12-18-5-8-21(32)9-6-18;/h5-11,13-15,23,32H,12,29H2,1-4H3,(H,31,33);1H/t23-;/m1./s1. The number of quaternary nitrogens is 1. The number of hydrogen-bond acceptors (Lipinski definition) is 6. The Bertz CT molecular complexity index is 1390. The molecule has 9 heteroatoms. The van der Waals surface area contributed by atoms with Crippen LogP contribution >= 0.6 is 11.5 Å². The summed E-state index contributed by atoms with van der Waals surface area (Å²) in [6, 6.07) is 16.1. The van der Waals surface area contributed by atoms with Crippen LogP contribution in [0, 0.1) is 13.8 Å². The normalized spacial score (nSPS) is 11.4. The Morgan fingerprint density at radius 1 is 1.03 bits per heavy atom. The number of methoxy groups -OCH3 is 2. The lowest BCUT2D eigenvalue weighted by atomic mass is 9.99. The average Bonchev–Trinajstić information content (AvgIpc) is 3.37. The Kier molecular flexibility index (Phi) is 9.15. The van der Waals surface area contributed by atoms with Crippen LogP contribution in [0.4, 0.5) is 5.69 Å². The van der Waals surface area contributed by atoms with Crippen molar-refractivity contribution in [1.82, 2.24) is 4.37 Å². The van der Waals surface area contributed by atoms with E-state index in [1.54, 1.807) is 38.5 Å². The van der Waals surface area contributed by atoms with Crippen LogP contribution in [0.15, 0.2) is 60.8 Å². The molecule has 1 atom stereocenters. The minimum absolute atomic E-state index is 0. The zero-order valence-corrected chi connectivity index (χ0v) is 22.7. The molecule has 1 amide bonds. The molecule has 1 heterocycles. The molecule has 0 aliphatic carbocycles. The number of halogens is 1. The number of aromatic nitrogens is 1. The van der Waals surface area contributed by atoms with Gasteiger partial charge in [-0.15, -0.1) is 0 Å². The molecule has 0 saturated carbocycles. The highest BCUT2D eigenvalue weighted by Gasteiger charge is 2.21. The molecule has 0 unspecified atom stereocenters. The number of rotatable bonds is 8. The number of benzene rings is 3. The quantitative estimate of drug-likeness (QED) is 0.315. The molecule has 194 valence electrons. The van der Waals surface area contributed by atoms with Crippen LogP contribution in [0.25, 0.3) is 21.6 Å². The van der Waals surface area contributed by atoms with E-state index in [1.165, 1.54) is 11.5 Å². The van der Waals surface area contributed by atoms with E-state index in [0.29, 0.717) is 17.9 Å². The van der Waals surface area contributed by atoms with Gasteiger partial charge >= 0.3 is 0 Å². The molecule has 0 aliphatic rings. The van der Waals surface area contributed by atoms with Gasteiger partial charge in [-0.05, 0) is 83.5 Å². The molecule has 4 rings (SSSR count). The van der Waals surface area contributed by atoms with Gasteiger partial charge in [0.05, 0.1) is 24.8 Å². The molecule has 0 fully saturated rings. The Morgan fingerprint density at radius 3 is 2.41 bits per heavy atom. The second-order valence-corrected chi connectivity index (χ2v) is 9.46. The van der Waals surface area contributed by atoms with Crippen molar-refractivity contribution in [2.24, 2.45) is 0 Å². The Morgan fingerprint density at radius 2 is 1.73 bits per heavy atom. The number of anilines is 1. The van der Waals surface area contributed by atoms with E-state index >= 15 is 0 Å². The predicted octanol–water partition coefficient (Wildman–Crippen LogP) is 1.61. The van der Waals surface area contributed by atoms with Crippen molar-refractivity contribution in [1.29, 1.82) is 0 Å². The number of carbonyl (C=O) groups is 1. The molecule has 7 nitrogen and oxygen atoms in total. The fourth-order valence-corrected chi connectivity index (χ4v) is 4.80. The molecule has 37 heavy (non-hydrogen) atoms. The van der Waals surface area contributed by atoms with Gasteiger partial charge in [0, 0.05) is 18.2 Å². The highest BCUT2D eigenvalue weighted by Crippen LogP contribution is 2.40. The summed E-state index contributed by atoms with van der Waals surface area (Å²) < 4.78 is 15.5. The third-order valence-corrected chi connectivity index (χ3v) is 7.08. The maximum absolute atomic E-state index is 13.0. The lowest BCUT2D eigenvalue weighted by Crippen LogP contribution is -3.00. The molecule has 1 aromatic heterocycles. The van der Waals surface area contributed by atoms with E-state index in [4.69, 9.17) is 9.47 Å². The number of carbonyl (C=O) groups excluding carboxylic acids is 1. The first-order chi connectivity index (χ1) is 17.3. The number of nitrogens with one attached hydrogen (secondary N) is 1. The summed E-state index contributed by atoms with van der Waals surface area (Å²) in [7, 11) is 3.25. The largest absolute Gasteiger partial charge is 1.00 e. The minimum atomic E-state index is -0.524. The molecule has 0 bridgehead atoms. The van der Waals surface area contributed by atoms with E-state index in [-0.39, 0.29) is 24.1 Å². The number of phenolic OH excluding ortho intramolecular Hbond substituents is 1. The van der Waals surface area contributed by atoms with Crippen molar-refractivity contribution < 1.29 is 37.5 Å². The first-order valence-electron chi connectivity index (χ1n) is 11.5. The lowest BCUT2D eigenvalue weighted by molar-refractivity contribution is -0.402. The fraction of sp³-hybridized carbons (Fsp3) is 0.214. The average molecular weight is 540 g/mol. The summed E-state index contributed by atoms with van der Waals surface area (Å²) in [4.78, 5) is 14.0. The summed E-state index contributed by atoms with van der Waals surface area (Å²) in [5.74, 6) is 1.36. The third-order valence-electron chi connectivity index (χ3n) is 6.23. The van der Waals surface area contributed by atoms with Crippen molar-refractivity contribution in [2.75, 3.05) is 19.5 Å². The van der Waals surface area contributed by atoms with Crippen LogP contribution < -0.4 is 32.9 Å². The zero-order chi connectivity index (χ0) is 25.8. The number of aryl methyl sites for hydroxylation is 1. The Hall–Kier alpha value is -3.59. The van der Waals surface area contributed by atoms with Gasteiger partial charge in [0.2, 0.25) is 0 Å². The molecule has 4 aromatic rings. The van der Waals surface area contributed by atoms with Crippen LogP contribution in [0.3, 0.4) is 0 Å². The summed E-state index contributed by atoms with van der Waals surface area (Å²) in [6.45, 7) is 4.11. The van der Waals surface area contributed by atoms with E-state index < -0.39 is 6.04 Å². The number of nitrogens with zero attached hydrogens (tertiary/aromatic N) is 1. The number of amides is 1. The molecule has 5 N–H and O–H groups in total. The second-order valence-electron chi connectivity index (χ2n) is 8.66. The highest BCUT2D eigenvalue weighted by molar-refractivity contribution is 7.10. The third kappa shape index (κ3) is 6.22. The van der Waals surface area contributed by atoms with Crippen molar-refractivity contribution in [2.45, 2.75) is 26.3 Å². The van der Waals surface area contributed by atoms with Crippen LogP contribution in [-0.4, -0.2) is 35.6 Å².